The maximum Gasteiger partial charge on any atom is 0.417 e. The average molecular weight is 373 g/mol. The van der Waals surface area contributed by atoms with E-state index in [9.17, 15) is 13.2 Å². The van der Waals surface area contributed by atoms with E-state index in [4.69, 9.17) is 27.7 Å². The molecule has 1 atom stereocenters. The summed E-state index contributed by atoms with van der Waals surface area (Å²) < 4.78 is 43.1. The number of hydrogen-bond donors (Lipinski definition) is 0. The molecule has 0 aliphatic heterocycles. The van der Waals surface area contributed by atoms with Crippen molar-refractivity contribution in [3.05, 3.63) is 70.6 Å². The number of rotatable bonds is 3. The predicted octanol–water partition coefficient (Wildman–Crippen LogP) is 5.74. The van der Waals surface area contributed by atoms with Gasteiger partial charge in [0.2, 0.25) is 0 Å². The summed E-state index contributed by atoms with van der Waals surface area (Å²) >= 11 is 12.2. The molecule has 0 amide bonds. The molecular formula is C16H9Cl2F3N2O. The Kier molecular flexibility index (Phi) is 4.51. The van der Waals surface area contributed by atoms with E-state index in [1.165, 1.54) is 6.07 Å². The lowest BCUT2D eigenvalue weighted by molar-refractivity contribution is -0.137. The molecule has 0 N–H and O–H groups in total. The Hall–Kier alpha value is -2.05. The van der Waals surface area contributed by atoms with E-state index in [1.54, 1.807) is 0 Å². The fourth-order valence-corrected chi connectivity index (χ4v) is 2.60. The molecule has 0 saturated carbocycles. The average Bonchev–Trinajstić information content (AvgIpc) is 3.03. The van der Waals surface area contributed by atoms with E-state index in [0.29, 0.717) is 12.0 Å². The highest BCUT2D eigenvalue weighted by molar-refractivity contribution is 6.33. The lowest BCUT2D eigenvalue weighted by atomic mass is 10.1. The van der Waals surface area contributed by atoms with Crippen LogP contribution in [-0.4, -0.2) is 10.1 Å². The molecule has 2 heterocycles. The summed E-state index contributed by atoms with van der Waals surface area (Å²) in [6, 6.07) is 11.5. The Labute approximate surface area is 145 Å². The molecule has 3 rings (SSSR count). The van der Waals surface area contributed by atoms with E-state index in [0.717, 1.165) is 11.6 Å². The van der Waals surface area contributed by atoms with Gasteiger partial charge in [0.05, 0.1) is 10.6 Å². The molecule has 2 aromatic heterocycles. The van der Waals surface area contributed by atoms with Crippen molar-refractivity contribution in [3.8, 4) is 11.4 Å². The summed E-state index contributed by atoms with van der Waals surface area (Å²) in [7, 11) is 0. The van der Waals surface area contributed by atoms with E-state index >= 15 is 0 Å². The molecule has 0 aliphatic carbocycles. The van der Waals surface area contributed by atoms with Gasteiger partial charge in [-0.15, -0.1) is 11.6 Å². The summed E-state index contributed by atoms with van der Waals surface area (Å²) in [6.07, 6.45) is -3.82. The molecular weight excluding hydrogens is 364 g/mol. The van der Waals surface area contributed by atoms with Crippen molar-refractivity contribution in [2.75, 3.05) is 0 Å². The van der Waals surface area contributed by atoms with Crippen LogP contribution >= 0.6 is 23.2 Å². The Morgan fingerprint density at radius 1 is 1.08 bits per heavy atom. The van der Waals surface area contributed by atoms with Gasteiger partial charge in [-0.3, -0.25) is 4.98 Å². The number of aromatic nitrogens is 2. The minimum atomic E-state index is -4.52. The number of pyridine rings is 1. The normalized spacial score (nSPS) is 13.0. The molecule has 8 heteroatoms. The Balaban J connectivity index is 1.91. The van der Waals surface area contributed by atoms with Crippen LogP contribution in [-0.2, 0) is 6.18 Å². The first-order valence-electron chi connectivity index (χ1n) is 6.75. The number of benzene rings is 1. The molecule has 0 unspecified atom stereocenters. The molecule has 0 radical (unpaired) electrons. The Morgan fingerprint density at radius 3 is 2.42 bits per heavy atom. The van der Waals surface area contributed by atoms with Crippen LogP contribution < -0.4 is 0 Å². The molecule has 24 heavy (non-hydrogen) atoms. The largest absolute Gasteiger partial charge is 0.417 e. The molecule has 3 aromatic rings. The third-order valence-electron chi connectivity index (χ3n) is 3.28. The van der Waals surface area contributed by atoms with E-state index in [1.807, 2.05) is 30.3 Å². The predicted molar refractivity (Wildman–Crippen MR) is 83.9 cm³/mol. The third kappa shape index (κ3) is 3.39. The van der Waals surface area contributed by atoms with Gasteiger partial charge in [0.1, 0.15) is 16.8 Å². The van der Waals surface area contributed by atoms with E-state index in [-0.39, 0.29) is 16.4 Å². The molecule has 0 bridgehead atoms. The van der Waals surface area contributed by atoms with Crippen LogP contribution in [0.3, 0.4) is 0 Å². The molecule has 1 aromatic carbocycles. The molecule has 0 saturated heterocycles. The van der Waals surface area contributed by atoms with Crippen LogP contribution in [0.2, 0.25) is 5.02 Å². The van der Waals surface area contributed by atoms with Crippen LogP contribution in [0, 0.1) is 0 Å². The first kappa shape index (κ1) is 16.8. The van der Waals surface area contributed by atoms with Gasteiger partial charge in [-0.25, -0.2) is 0 Å². The first-order chi connectivity index (χ1) is 11.4. The lowest BCUT2D eigenvalue weighted by Crippen LogP contribution is -2.05. The maximum atomic E-state index is 12.6. The summed E-state index contributed by atoms with van der Waals surface area (Å²) in [5.74, 6) is 0.343. The second-order valence-corrected chi connectivity index (χ2v) is 5.78. The summed E-state index contributed by atoms with van der Waals surface area (Å²) in [5.41, 5.74) is 0.176. The van der Waals surface area contributed by atoms with E-state index in [2.05, 4.69) is 10.1 Å². The highest BCUT2D eigenvalue weighted by Gasteiger charge is 2.32. The highest BCUT2D eigenvalue weighted by atomic mass is 35.5. The van der Waals surface area contributed by atoms with Crippen molar-refractivity contribution in [3.63, 3.8) is 0 Å². The van der Waals surface area contributed by atoms with Crippen molar-refractivity contribution in [1.29, 1.82) is 0 Å². The van der Waals surface area contributed by atoms with Crippen LogP contribution in [0.5, 0.6) is 0 Å². The molecule has 124 valence electrons. The van der Waals surface area contributed by atoms with Gasteiger partial charge in [-0.05, 0) is 11.6 Å². The van der Waals surface area contributed by atoms with Crippen molar-refractivity contribution < 1.29 is 17.7 Å². The minimum absolute atomic E-state index is 0.0941. The maximum absolute atomic E-state index is 12.6. The second-order valence-electron chi connectivity index (χ2n) is 4.94. The zero-order valence-electron chi connectivity index (χ0n) is 11.9. The molecule has 3 nitrogen and oxygen atoms in total. The SMILES string of the molecule is FC(F)(F)c1cnc(-c2cc([C@H](Cl)c3ccccc3)on2)c(Cl)c1. The Morgan fingerprint density at radius 2 is 1.79 bits per heavy atom. The van der Waals surface area contributed by atoms with Gasteiger partial charge in [-0.2, -0.15) is 13.2 Å². The summed E-state index contributed by atoms with van der Waals surface area (Å²) in [4.78, 5) is 3.74. The number of nitrogens with zero attached hydrogens (tertiary/aromatic N) is 2. The van der Waals surface area contributed by atoms with Gasteiger partial charge >= 0.3 is 6.18 Å². The fraction of sp³-hybridized carbons (Fsp3) is 0.125. The minimum Gasteiger partial charge on any atom is -0.359 e. The van der Waals surface area contributed by atoms with Crippen LogP contribution in [0.4, 0.5) is 13.2 Å². The second kappa shape index (κ2) is 6.45. The summed E-state index contributed by atoms with van der Waals surface area (Å²) in [5, 5.41) is 3.04. The monoisotopic (exact) mass is 372 g/mol. The fourth-order valence-electron chi connectivity index (χ4n) is 2.09. The topological polar surface area (TPSA) is 38.9 Å². The van der Waals surface area contributed by atoms with Crippen LogP contribution in [0.1, 0.15) is 22.3 Å². The van der Waals surface area contributed by atoms with Crippen LogP contribution in [0.25, 0.3) is 11.4 Å². The van der Waals surface area contributed by atoms with Gasteiger partial charge in [0.15, 0.2) is 5.76 Å². The van der Waals surface area contributed by atoms with Crippen molar-refractivity contribution in [2.24, 2.45) is 0 Å². The highest BCUT2D eigenvalue weighted by Crippen LogP contribution is 2.35. The third-order valence-corrected chi connectivity index (χ3v) is 4.04. The molecule has 0 aliphatic rings. The van der Waals surface area contributed by atoms with Crippen molar-refractivity contribution in [1.82, 2.24) is 10.1 Å². The van der Waals surface area contributed by atoms with E-state index < -0.39 is 17.1 Å². The number of halogens is 5. The van der Waals surface area contributed by atoms with Gasteiger partial charge in [-0.1, -0.05) is 47.1 Å². The number of hydrogen-bond acceptors (Lipinski definition) is 3. The molecule has 0 fully saturated rings. The molecule has 0 spiro atoms. The van der Waals surface area contributed by atoms with Crippen LogP contribution in [0.15, 0.2) is 53.2 Å². The summed E-state index contributed by atoms with van der Waals surface area (Å²) in [6.45, 7) is 0. The first-order valence-corrected chi connectivity index (χ1v) is 7.56. The van der Waals surface area contributed by atoms with Crippen molar-refractivity contribution >= 4 is 23.2 Å². The Bertz CT molecular complexity index is 850. The van der Waals surface area contributed by atoms with Gasteiger partial charge in [0, 0.05) is 12.3 Å². The van der Waals surface area contributed by atoms with Gasteiger partial charge in [0.25, 0.3) is 0 Å². The zero-order valence-corrected chi connectivity index (χ0v) is 13.4. The van der Waals surface area contributed by atoms with Gasteiger partial charge < -0.3 is 4.52 Å². The quantitative estimate of drug-likeness (QED) is 0.550. The standard InChI is InChI=1S/C16H9Cl2F3N2O/c17-11-6-10(16(19,20)21)8-22-15(11)12-7-13(24-23-12)14(18)9-4-2-1-3-5-9/h1-8,14H/t14-/m1/s1. The zero-order chi connectivity index (χ0) is 17.3. The van der Waals surface area contributed by atoms with Crippen molar-refractivity contribution in [2.45, 2.75) is 11.6 Å². The lowest BCUT2D eigenvalue weighted by Gasteiger charge is -2.07. The number of alkyl halides is 4. The smallest absolute Gasteiger partial charge is 0.359 e.